The molecule has 0 heterocycles. The summed E-state index contributed by atoms with van der Waals surface area (Å²) in [6, 6.07) is 13.1. The Labute approximate surface area is 151 Å². The third-order valence-electron chi connectivity index (χ3n) is 3.17. The zero-order valence-electron chi connectivity index (χ0n) is 13.8. The maximum atomic E-state index is 12.2. The highest BCUT2D eigenvalue weighted by Crippen LogP contribution is 2.14. The van der Waals surface area contributed by atoms with Crippen LogP contribution in [0.15, 0.2) is 48.5 Å². The Morgan fingerprint density at radius 2 is 1.76 bits per heavy atom. The minimum atomic E-state index is -0.322. The number of amides is 1. The second-order valence-electron chi connectivity index (χ2n) is 5.02. The van der Waals surface area contributed by atoms with Gasteiger partial charge in [-0.25, -0.2) is 0 Å². The number of carbonyl (C=O) groups excluding carboxylic acids is 1. The number of hydrogen-bond donors (Lipinski definition) is 3. The molecule has 0 saturated carbocycles. The average molecular weight is 360 g/mol. The zero-order valence-corrected chi connectivity index (χ0v) is 14.6. The van der Waals surface area contributed by atoms with Crippen LogP contribution in [0, 0.1) is 0 Å². The van der Waals surface area contributed by atoms with Crippen molar-refractivity contribution in [1.29, 1.82) is 0 Å². The topological polar surface area (TPSA) is 79.8 Å². The van der Waals surface area contributed by atoms with Crippen LogP contribution in [0.3, 0.4) is 0 Å². The molecule has 0 aliphatic rings. The standard InChI is InChI=1S/C18H20N2O4S/c1-2-23-11-12-24-16-9-3-13(4-10-16)17(22)20-18(25)19-14-5-7-15(21)8-6-14/h3-10,21H,2,11-12H2,1H3,(H2,19,20,22,25). The van der Waals surface area contributed by atoms with E-state index >= 15 is 0 Å². The van der Waals surface area contributed by atoms with Gasteiger partial charge in [0.15, 0.2) is 5.11 Å². The lowest BCUT2D eigenvalue weighted by Crippen LogP contribution is -2.34. The summed E-state index contributed by atoms with van der Waals surface area (Å²) in [4.78, 5) is 12.2. The number of thiocarbonyl (C=S) groups is 1. The second-order valence-corrected chi connectivity index (χ2v) is 5.43. The number of hydrogen-bond acceptors (Lipinski definition) is 5. The van der Waals surface area contributed by atoms with Crippen molar-refractivity contribution in [3.63, 3.8) is 0 Å². The highest BCUT2D eigenvalue weighted by atomic mass is 32.1. The van der Waals surface area contributed by atoms with Crippen LogP contribution in [0.1, 0.15) is 17.3 Å². The van der Waals surface area contributed by atoms with Crippen LogP contribution in [0.5, 0.6) is 11.5 Å². The summed E-state index contributed by atoms with van der Waals surface area (Å²) < 4.78 is 10.7. The Morgan fingerprint density at radius 1 is 1.08 bits per heavy atom. The maximum Gasteiger partial charge on any atom is 0.257 e. The lowest BCUT2D eigenvalue weighted by Gasteiger charge is -2.10. The molecule has 0 spiro atoms. The van der Waals surface area contributed by atoms with E-state index in [1.807, 2.05) is 6.92 Å². The Hall–Kier alpha value is -2.64. The molecule has 7 heteroatoms. The molecule has 132 valence electrons. The number of anilines is 1. The fraction of sp³-hybridized carbons (Fsp3) is 0.222. The summed E-state index contributed by atoms with van der Waals surface area (Å²) in [7, 11) is 0. The van der Waals surface area contributed by atoms with E-state index in [1.165, 1.54) is 12.1 Å². The molecule has 0 aliphatic heterocycles. The first-order chi connectivity index (χ1) is 12.1. The fourth-order valence-electron chi connectivity index (χ4n) is 1.95. The number of ether oxygens (including phenoxy) is 2. The summed E-state index contributed by atoms with van der Waals surface area (Å²) in [5, 5.41) is 14.9. The van der Waals surface area contributed by atoms with E-state index in [9.17, 15) is 9.90 Å². The van der Waals surface area contributed by atoms with Crippen LogP contribution in [0.25, 0.3) is 0 Å². The Kier molecular flexibility index (Phi) is 7.18. The number of aromatic hydroxyl groups is 1. The molecule has 1 amide bonds. The van der Waals surface area contributed by atoms with Gasteiger partial charge in [-0.3, -0.25) is 10.1 Å². The largest absolute Gasteiger partial charge is 0.508 e. The smallest absolute Gasteiger partial charge is 0.257 e. The van der Waals surface area contributed by atoms with Crippen LogP contribution in [-0.4, -0.2) is 35.9 Å². The molecule has 0 bridgehead atoms. The van der Waals surface area contributed by atoms with Gasteiger partial charge in [-0.05, 0) is 67.7 Å². The Balaban J connectivity index is 1.83. The quantitative estimate of drug-likeness (QED) is 0.400. The first-order valence-electron chi connectivity index (χ1n) is 7.80. The molecule has 0 unspecified atom stereocenters. The predicted molar refractivity (Wildman–Crippen MR) is 100 cm³/mol. The SMILES string of the molecule is CCOCCOc1ccc(C(=O)NC(=S)Nc2ccc(O)cc2)cc1. The van der Waals surface area contributed by atoms with Gasteiger partial charge >= 0.3 is 0 Å². The average Bonchev–Trinajstić information content (AvgIpc) is 2.61. The number of nitrogens with one attached hydrogen (secondary N) is 2. The number of phenolic OH excluding ortho intramolecular Hbond substituents is 1. The molecule has 6 nitrogen and oxygen atoms in total. The van der Waals surface area contributed by atoms with Gasteiger partial charge in [-0.1, -0.05) is 0 Å². The van der Waals surface area contributed by atoms with Gasteiger partial charge in [0.2, 0.25) is 0 Å². The summed E-state index contributed by atoms with van der Waals surface area (Å²) in [5.41, 5.74) is 1.13. The number of carbonyl (C=O) groups is 1. The van der Waals surface area contributed by atoms with Crippen molar-refractivity contribution in [2.24, 2.45) is 0 Å². The summed E-state index contributed by atoms with van der Waals surface area (Å²) in [6.45, 7) is 3.56. The summed E-state index contributed by atoms with van der Waals surface area (Å²) in [5.74, 6) is 0.502. The van der Waals surface area contributed by atoms with Crippen molar-refractivity contribution in [3.05, 3.63) is 54.1 Å². The van der Waals surface area contributed by atoms with Crippen LogP contribution in [0.4, 0.5) is 5.69 Å². The third kappa shape index (κ3) is 6.40. The van der Waals surface area contributed by atoms with E-state index in [1.54, 1.807) is 36.4 Å². The fourth-order valence-corrected chi connectivity index (χ4v) is 2.16. The van der Waals surface area contributed by atoms with E-state index in [2.05, 4.69) is 10.6 Å². The molecular formula is C18H20N2O4S. The van der Waals surface area contributed by atoms with Gasteiger partial charge in [-0.2, -0.15) is 0 Å². The van der Waals surface area contributed by atoms with Gasteiger partial charge in [0, 0.05) is 17.9 Å². The van der Waals surface area contributed by atoms with E-state index in [0.717, 1.165) is 0 Å². The van der Waals surface area contributed by atoms with E-state index in [0.29, 0.717) is 36.8 Å². The van der Waals surface area contributed by atoms with Crippen molar-refractivity contribution in [2.75, 3.05) is 25.1 Å². The van der Waals surface area contributed by atoms with Crippen molar-refractivity contribution >= 4 is 28.9 Å². The van der Waals surface area contributed by atoms with Crippen molar-refractivity contribution < 1.29 is 19.4 Å². The first-order valence-corrected chi connectivity index (χ1v) is 8.21. The van der Waals surface area contributed by atoms with E-state index < -0.39 is 0 Å². The van der Waals surface area contributed by atoms with Crippen LogP contribution >= 0.6 is 12.2 Å². The Morgan fingerprint density at radius 3 is 2.40 bits per heavy atom. The van der Waals surface area contributed by atoms with Gasteiger partial charge in [0.25, 0.3) is 5.91 Å². The van der Waals surface area contributed by atoms with Crippen LogP contribution in [-0.2, 0) is 4.74 Å². The predicted octanol–water partition coefficient (Wildman–Crippen LogP) is 2.93. The first kappa shape index (κ1) is 18.7. The van der Waals surface area contributed by atoms with E-state index in [4.69, 9.17) is 21.7 Å². The van der Waals surface area contributed by atoms with Crippen molar-refractivity contribution in [2.45, 2.75) is 6.92 Å². The Bertz CT molecular complexity index is 702. The van der Waals surface area contributed by atoms with Gasteiger partial charge in [0.1, 0.15) is 18.1 Å². The molecule has 0 fully saturated rings. The van der Waals surface area contributed by atoms with Gasteiger partial charge < -0.3 is 19.9 Å². The lowest BCUT2D eigenvalue weighted by molar-refractivity contribution is 0.0977. The molecule has 2 aromatic carbocycles. The number of rotatable bonds is 7. The minimum Gasteiger partial charge on any atom is -0.508 e. The molecule has 3 N–H and O–H groups in total. The molecule has 25 heavy (non-hydrogen) atoms. The summed E-state index contributed by atoms with van der Waals surface area (Å²) >= 11 is 5.11. The highest BCUT2D eigenvalue weighted by molar-refractivity contribution is 7.80. The van der Waals surface area contributed by atoms with Crippen LogP contribution in [0.2, 0.25) is 0 Å². The number of phenols is 1. The summed E-state index contributed by atoms with van der Waals surface area (Å²) in [6.07, 6.45) is 0. The molecule has 2 rings (SSSR count). The normalized spacial score (nSPS) is 10.1. The van der Waals surface area contributed by atoms with Crippen molar-refractivity contribution in [3.8, 4) is 11.5 Å². The van der Waals surface area contributed by atoms with Gasteiger partial charge in [-0.15, -0.1) is 0 Å². The minimum absolute atomic E-state index is 0.157. The third-order valence-corrected chi connectivity index (χ3v) is 3.37. The van der Waals surface area contributed by atoms with Crippen LogP contribution < -0.4 is 15.4 Å². The maximum absolute atomic E-state index is 12.2. The molecule has 0 aliphatic carbocycles. The molecule has 0 saturated heterocycles. The molecular weight excluding hydrogens is 340 g/mol. The molecule has 0 atom stereocenters. The molecule has 2 aromatic rings. The molecule has 0 aromatic heterocycles. The highest BCUT2D eigenvalue weighted by Gasteiger charge is 2.08. The monoisotopic (exact) mass is 360 g/mol. The zero-order chi connectivity index (χ0) is 18.1. The van der Waals surface area contributed by atoms with Crippen molar-refractivity contribution in [1.82, 2.24) is 5.32 Å². The van der Waals surface area contributed by atoms with Gasteiger partial charge in [0.05, 0.1) is 6.61 Å². The van der Waals surface area contributed by atoms with E-state index in [-0.39, 0.29) is 16.8 Å². The lowest BCUT2D eigenvalue weighted by atomic mass is 10.2. The second kappa shape index (κ2) is 9.61. The number of benzene rings is 2. The molecule has 0 radical (unpaired) electrons.